The van der Waals surface area contributed by atoms with E-state index in [4.69, 9.17) is 11.6 Å². The van der Waals surface area contributed by atoms with Gasteiger partial charge in [-0.15, -0.1) is 0 Å². The van der Waals surface area contributed by atoms with Crippen molar-refractivity contribution in [3.63, 3.8) is 0 Å². The number of nitrogens with one attached hydrogen (secondary N) is 2. The van der Waals surface area contributed by atoms with Gasteiger partial charge in [-0.3, -0.25) is 4.72 Å². The van der Waals surface area contributed by atoms with Crippen LogP contribution < -0.4 is 9.44 Å². The van der Waals surface area contributed by atoms with E-state index in [1.54, 1.807) is 0 Å². The van der Waals surface area contributed by atoms with Crippen LogP contribution in [0, 0.1) is 5.82 Å². The van der Waals surface area contributed by atoms with Crippen molar-refractivity contribution in [2.75, 3.05) is 11.3 Å². The molecule has 0 unspecified atom stereocenters. The molecule has 0 fully saturated rings. The maximum Gasteiger partial charge on any atom is 0.261 e. The Morgan fingerprint density at radius 1 is 0.960 bits per heavy atom. The van der Waals surface area contributed by atoms with Crippen molar-refractivity contribution in [3.05, 3.63) is 53.3 Å². The number of hydrogen-bond acceptors (Lipinski definition) is 4. The second kappa shape index (κ2) is 7.69. The number of rotatable bonds is 7. The van der Waals surface area contributed by atoms with E-state index in [1.807, 2.05) is 6.92 Å². The molecule has 2 N–H and O–H groups in total. The van der Waals surface area contributed by atoms with Crippen molar-refractivity contribution >= 4 is 37.3 Å². The van der Waals surface area contributed by atoms with Gasteiger partial charge in [-0.1, -0.05) is 18.5 Å². The molecule has 2 aromatic rings. The first-order valence-corrected chi connectivity index (χ1v) is 10.6. The van der Waals surface area contributed by atoms with Crippen LogP contribution in [0.5, 0.6) is 0 Å². The lowest BCUT2D eigenvalue weighted by molar-refractivity contribution is 0.580. The third-order valence-electron chi connectivity index (χ3n) is 3.16. The highest BCUT2D eigenvalue weighted by molar-refractivity contribution is 7.92. The van der Waals surface area contributed by atoms with Gasteiger partial charge in [0.15, 0.2) is 0 Å². The summed E-state index contributed by atoms with van der Waals surface area (Å²) in [6.45, 7) is 2.14. The van der Waals surface area contributed by atoms with Crippen LogP contribution in [0.2, 0.25) is 5.02 Å². The number of anilines is 1. The molecule has 2 rings (SSSR count). The third-order valence-corrected chi connectivity index (χ3v) is 6.31. The zero-order valence-corrected chi connectivity index (χ0v) is 15.6. The summed E-state index contributed by atoms with van der Waals surface area (Å²) in [5, 5.41) is -0.314. The molecule has 10 heteroatoms. The van der Waals surface area contributed by atoms with Crippen LogP contribution >= 0.6 is 11.6 Å². The summed E-state index contributed by atoms with van der Waals surface area (Å²) >= 11 is 5.59. The Bertz CT molecular complexity index is 962. The quantitative estimate of drug-likeness (QED) is 0.739. The van der Waals surface area contributed by atoms with E-state index in [2.05, 4.69) is 9.44 Å². The van der Waals surface area contributed by atoms with Crippen molar-refractivity contribution in [2.45, 2.75) is 23.1 Å². The zero-order valence-electron chi connectivity index (χ0n) is 13.2. The van der Waals surface area contributed by atoms with E-state index < -0.39 is 25.9 Å². The summed E-state index contributed by atoms with van der Waals surface area (Å²) in [6.07, 6.45) is 0.650. The predicted molar refractivity (Wildman–Crippen MR) is 94.1 cm³/mol. The summed E-state index contributed by atoms with van der Waals surface area (Å²) in [7, 11) is -7.61. The minimum Gasteiger partial charge on any atom is -0.280 e. The fourth-order valence-electron chi connectivity index (χ4n) is 1.88. The lowest BCUT2D eigenvalue weighted by Crippen LogP contribution is -2.24. The normalized spacial score (nSPS) is 12.1. The van der Waals surface area contributed by atoms with Gasteiger partial charge in [-0.25, -0.2) is 25.9 Å². The fourth-order valence-corrected chi connectivity index (χ4v) is 4.34. The molecule has 0 atom stereocenters. The van der Waals surface area contributed by atoms with E-state index in [1.165, 1.54) is 24.3 Å². The summed E-state index contributed by atoms with van der Waals surface area (Å²) in [6, 6.07) is 8.24. The molecular formula is C15H16ClFN2O4S2. The van der Waals surface area contributed by atoms with Crippen molar-refractivity contribution in [2.24, 2.45) is 0 Å². The maximum absolute atomic E-state index is 13.1. The van der Waals surface area contributed by atoms with Gasteiger partial charge >= 0.3 is 0 Å². The van der Waals surface area contributed by atoms with Crippen molar-refractivity contribution < 1.29 is 21.2 Å². The van der Waals surface area contributed by atoms with Crippen LogP contribution in [0.15, 0.2) is 52.3 Å². The molecule has 0 saturated carbocycles. The minimum atomic E-state index is -3.98. The number of sulfonamides is 2. The van der Waals surface area contributed by atoms with Gasteiger partial charge in [0.05, 0.1) is 14.8 Å². The number of hydrogen-bond donors (Lipinski definition) is 2. The van der Waals surface area contributed by atoms with Crippen LogP contribution in [0.1, 0.15) is 13.3 Å². The molecule has 25 heavy (non-hydrogen) atoms. The van der Waals surface area contributed by atoms with Gasteiger partial charge in [0.2, 0.25) is 10.0 Å². The summed E-state index contributed by atoms with van der Waals surface area (Å²) in [5.41, 5.74) is 0.162. The Labute approximate surface area is 151 Å². The standard InChI is InChI=1S/C15H16ClFN2O4S2/c1-2-9-18-24(20,21)12-5-3-11(4-6-12)19-25(22,23)13-7-8-15(17)14(16)10-13/h3-8,10,18-19H,2,9H2,1H3. The van der Waals surface area contributed by atoms with Crippen molar-refractivity contribution in [1.29, 1.82) is 0 Å². The zero-order chi connectivity index (χ0) is 18.7. The van der Waals surface area contributed by atoms with Crippen molar-refractivity contribution in [1.82, 2.24) is 4.72 Å². The van der Waals surface area contributed by atoms with Crippen LogP contribution in [-0.4, -0.2) is 23.4 Å². The summed E-state index contributed by atoms with van der Waals surface area (Å²) in [5.74, 6) is -0.727. The van der Waals surface area contributed by atoms with E-state index in [-0.39, 0.29) is 20.5 Å². The average molecular weight is 407 g/mol. The molecule has 0 aromatic heterocycles. The highest BCUT2D eigenvalue weighted by Gasteiger charge is 2.17. The lowest BCUT2D eigenvalue weighted by Gasteiger charge is -2.10. The third kappa shape index (κ3) is 4.91. The van der Waals surface area contributed by atoms with Crippen LogP contribution in [-0.2, 0) is 20.0 Å². The van der Waals surface area contributed by atoms with Crippen LogP contribution in [0.3, 0.4) is 0 Å². The Balaban J connectivity index is 2.21. The lowest BCUT2D eigenvalue weighted by atomic mass is 10.3. The highest BCUT2D eigenvalue weighted by Crippen LogP contribution is 2.22. The predicted octanol–water partition coefficient (Wildman–Crippen LogP) is 2.97. The van der Waals surface area contributed by atoms with Gasteiger partial charge in [0, 0.05) is 12.2 Å². The van der Waals surface area contributed by atoms with E-state index in [0.29, 0.717) is 13.0 Å². The van der Waals surface area contributed by atoms with Crippen LogP contribution in [0.4, 0.5) is 10.1 Å². The first kappa shape index (κ1) is 19.6. The Morgan fingerprint density at radius 3 is 2.12 bits per heavy atom. The number of benzene rings is 2. The Morgan fingerprint density at radius 2 is 1.56 bits per heavy atom. The smallest absolute Gasteiger partial charge is 0.261 e. The molecule has 0 aliphatic carbocycles. The largest absolute Gasteiger partial charge is 0.280 e. The van der Waals surface area contributed by atoms with Gasteiger partial charge in [-0.2, -0.15) is 0 Å². The van der Waals surface area contributed by atoms with Crippen molar-refractivity contribution in [3.8, 4) is 0 Å². The first-order valence-electron chi connectivity index (χ1n) is 7.23. The average Bonchev–Trinajstić information content (AvgIpc) is 2.55. The minimum absolute atomic E-state index is 0.0220. The monoisotopic (exact) mass is 406 g/mol. The summed E-state index contributed by atoms with van der Waals surface area (Å²) in [4.78, 5) is -0.186. The van der Waals surface area contributed by atoms with E-state index in [0.717, 1.165) is 18.2 Å². The second-order valence-corrected chi connectivity index (χ2v) is 8.96. The first-order chi connectivity index (χ1) is 11.7. The molecule has 0 radical (unpaired) electrons. The van der Waals surface area contributed by atoms with Gasteiger partial charge in [-0.05, 0) is 48.9 Å². The second-order valence-electron chi connectivity index (χ2n) is 5.10. The van der Waals surface area contributed by atoms with E-state index >= 15 is 0 Å². The maximum atomic E-state index is 13.1. The highest BCUT2D eigenvalue weighted by atomic mass is 35.5. The van der Waals surface area contributed by atoms with Gasteiger partial charge in [0.25, 0.3) is 10.0 Å². The molecule has 0 aliphatic rings. The molecule has 0 aliphatic heterocycles. The molecule has 6 nitrogen and oxygen atoms in total. The molecule has 0 bridgehead atoms. The molecular weight excluding hydrogens is 391 g/mol. The molecule has 0 saturated heterocycles. The molecule has 2 aromatic carbocycles. The summed E-state index contributed by atoms with van der Waals surface area (Å²) < 4.78 is 66.3. The Kier molecular flexibility index (Phi) is 6.04. The Hall–Kier alpha value is -1.68. The van der Waals surface area contributed by atoms with Gasteiger partial charge < -0.3 is 0 Å². The van der Waals surface area contributed by atoms with Gasteiger partial charge in [0.1, 0.15) is 5.82 Å². The fraction of sp³-hybridized carbons (Fsp3) is 0.200. The SMILES string of the molecule is CCCNS(=O)(=O)c1ccc(NS(=O)(=O)c2ccc(F)c(Cl)c2)cc1. The molecule has 0 amide bonds. The molecule has 136 valence electrons. The molecule has 0 heterocycles. The van der Waals surface area contributed by atoms with E-state index in [9.17, 15) is 21.2 Å². The topological polar surface area (TPSA) is 92.3 Å². The van der Waals surface area contributed by atoms with Crippen LogP contribution in [0.25, 0.3) is 0 Å². The molecule has 0 spiro atoms. The number of halogens is 2.